The Morgan fingerprint density at radius 1 is 1.14 bits per heavy atom. The topological polar surface area (TPSA) is 137 Å². The lowest BCUT2D eigenvalue weighted by atomic mass is 10.1. The van der Waals surface area contributed by atoms with Crippen LogP contribution in [-0.4, -0.2) is 37.2 Å². The van der Waals surface area contributed by atoms with E-state index < -0.39 is 5.91 Å². The highest BCUT2D eigenvalue weighted by atomic mass is 32.1. The van der Waals surface area contributed by atoms with Crippen molar-refractivity contribution in [2.75, 3.05) is 0 Å². The maximum atomic E-state index is 12.4. The molecule has 0 aliphatic heterocycles. The van der Waals surface area contributed by atoms with Gasteiger partial charge < -0.3 is 11.1 Å². The van der Waals surface area contributed by atoms with Gasteiger partial charge in [0, 0.05) is 25.0 Å². The van der Waals surface area contributed by atoms with Gasteiger partial charge in [0.25, 0.3) is 5.91 Å². The van der Waals surface area contributed by atoms with Gasteiger partial charge in [-0.3, -0.25) is 14.6 Å². The average molecular weight is 397 g/mol. The second kappa shape index (κ2) is 9.60. The molecule has 3 aromatic heterocycles. The number of nitrogens with zero attached hydrogens (tertiary/aromatic N) is 5. The van der Waals surface area contributed by atoms with Crippen molar-refractivity contribution in [1.82, 2.24) is 30.7 Å². The van der Waals surface area contributed by atoms with Crippen LogP contribution in [0.3, 0.4) is 0 Å². The lowest BCUT2D eigenvalue weighted by Crippen LogP contribution is -2.30. The summed E-state index contributed by atoms with van der Waals surface area (Å²) < 4.78 is 0. The Bertz CT molecular complexity index is 918. The Balaban J connectivity index is 1.60. The third kappa shape index (κ3) is 5.61. The molecule has 0 aliphatic rings. The zero-order valence-electron chi connectivity index (χ0n) is 15.0. The molecular formula is C18H19N7O2S. The van der Waals surface area contributed by atoms with Crippen LogP contribution in [0.25, 0.3) is 0 Å². The van der Waals surface area contributed by atoms with E-state index in [1.165, 1.54) is 11.3 Å². The fraction of sp³-hybridized carbons (Fsp3) is 0.278. The number of pyridine rings is 1. The van der Waals surface area contributed by atoms with Crippen molar-refractivity contribution in [2.24, 2.45) is 5.73 Å². The summed E-state index contributed by atoms with van der Waals surface area (Å²) in [6.45, 7) is 0. The smallest absolute Gasteiger partial charge is 0.279 e. The van der Waals surface area contributed by atoms with E-state index in [-0.39, 0.29) is 23.4 Å². The molecule has 2 amide bonds. The fourth-order valence-electron chi connectivity index (χ4n) is 2.64. The van der Waals surface area contributed by atoms with Crippen LogP contribution in [0.5, 0.6) is 0 Å². The molecule has 0 spiro atoms. The maximum absolute atomic E-state index is 12.4. The Kier molecular flexibility index (Phi) is 6.68. The van der Waals surface area contributed by atoms with Crippen molar-refractivity contribution in [3.63, 3.8) is 0 Å². The predicted octanol–water partition coefficient (Wildman–Crippen LogP) is 1.24. The SMILES string of the molecule is NC(=O)c1nnc(CCCC(NC(=O)Cc2cccnc2)c2cccnn2)s1. The molecule has 3 aromatic rings. The quantitative estimate of drug-likeness (QED) is 0.554. The standard InChI is InChI=1S/C18H19N7O2S/c19-17(27)18-25-24-16(28-18)7-1-5-13(14-6-3-9-21-23-14)22-15(26)10-12-4-2-8-20-11-12/h2-4,6,8-9,11,13H,1,5,7,10H2,(H2,19,27)(H,22,26). The number of carbonyl (C=O) groups is 2. The Labute approximate surface area is 165 Å². The van der Waals surface area contributed by atoms with Crippen LogP contribution < -0.4 is 11.1 Å². The van der Waals surface area contributed by atoms with Crippen molar-refractivity contribution >= 4 is 23.2 Å². The molecule has 9 nitrogen and oxygen atoms in total. The van der Waals surface area contributed by atoms with Gasteiger partial charge in [-0.1, -0.05) is 17.4 Å². The Morgan fingerprint density at radius 2 is 2.00 bits per heavy atom. The van der Waals surface area contributed by atoms with Gasteiger partial charge in [0.2, 0.25) is 10.9 Å². The molecule has 3 N–H and O–H groups in total. The molecule has 3 heterocycles. The van der Waals surface area contributed by atoms with Gasteiger partial charge in [-0.2, -0.15) is 10.2 Å². The van der Waals surface area contributed by atoms with Crippen LogP contribution in [0.2, 0.25) is 0 Å². The van der Waals surface area contributed by atoms with E-state index in [4.69, 9.17) is 5.73 Å². The van der Waals surface area contributed by atoms with Crippen molar-refractivity contribution in [3.8, 4) is 0 Å². The molecule has 1 unspecified atom stereocenters. The second-order valence-corrected chi connectivity index (χ2v) is 7.13. The monoisotopic (exact) mass is 397 g/mol. The van der Waals surface area contributed by atoms with E-state index in [2.05, 4.69) is 30.7 Å². The number of rotatable bonds is 9. The molecule has 144 valence electrons. The highest BCUT2D eigenvalue weighted by molar-refractivity contribution is 7.13. The fourth-order valence-corrected chi connectivity index (χ4v) is 3.37. The van der Waals surface area contributed by atoms with E-state index in [1.54, 1.807) is 30.7 Å². The first-order chi connectivity index (χ1) is 13.6. The zero-order valence-corrected chi connectivity index (χ0v) is 15.8. The first-order valence-corrected chi connectivity index (χ1v) is 9.51. The zero-order chi connectivity index (χ0) is 19.8. The van der Waals surface area contributed by atoms with Crippen LogP contribution in [0, 0.1) is 0 Å². The molecule has 0 saturated heterocycles. The molecule has 0 aromatic carbocycles. The molecule has 0 aliphatic carbocycles. The van der Waals surface area contributed by atoms with Crippen LogP contribution in [-0.2, 0) is 17.6 Å². The van der Waals surface area contributed by atoms with Crippen LogP contribution in [0.4, 0.5) is 0 Å². The number of hydrogen-bond acceptors (Lipinski definition) is 8. The predicted molar refractivity (Wildman–Crippen MR) is 102 cm³/mol. The lowest BCUT2D eigenvalue weighted by Gasteiger charge is -2.17. The van der Waals surface area contributed by atoms with Crippen LogP contribution in [0.1, 0.15) is 45.0 Å². The summed E-state index contributed by atoms with van der Waals surface area (Å²) in [5.74, 6) is -0.695. The number of amides is 2. The first-order valence-electron chi connectivity index (χ1n) is 8.70. The number of aromatic nitrogens is 5. The third-order valence-corrected chi connectivity index (χ3v) is 4.93. The van der Waals surface area contributed by atoms with E-state index >= 15 is 0 Å². The summed E-state index contributed by atoms with van der Waals surface area (Å²) in [5.41, 5.74) is 6.73. The lowest BCUT2D eigenvalue weighted by molar-refractivity contribution is -0.121. The summed E-state index contributed by atoms with van der Waals surface area (Å²) in [5, 5.41) is 19.7. The van der Waals surface area contributed by atoms with Gasteiger partial charge in [-0.05, 0) is 36.6 Å². The van der Waals surface area contributed by atoms with Crippen molar-refractivity contribution in [3.05, 3.63) is 64.1 Å². The highest BCUT2D eigenvalue weighted by Crippen LogP contribution is 2.19. The molecule has 0 saturated carbocycles. The molecule has 0 radical (unpaired) electrons. The number of carbonyl (C=O) groups excluding carboxylic acids is 2. The van der Waals surface area contributed by atoms with Gasteiger partial charge in [0.05, 0.1) is 18.2 Å². The number of nitrogens with one attached hydrogen (secondary N) is 1. The first kappa shape index (κ1) is 19.5. The van der Waals surface area contributed by atoms with Crippen LogP contribution >= 0.6 is 11.3 Å². The number of nitrogens with two attached hydrogens (primary N) is 1. The highest BCUT2D eigenvalue weighted by Gasteiger charge is 2.17. The minimum absolute atomic E-state index is 0.115. The molecule has 1 atom stereocenters. The summed E-state index contributed by atoms with van der Waals surface area (Å²) in [6, 6.07) is 6.99. The largest absolute Gasteiger partial charge is 0.363 e. The van der Waals surface area contributed by atoms with E-state index in [0.717, 1.165) is 17.0 Å². The molecule has 10 heteroatoms. The van der Waals surface area contributed by atoms with Crippen molar-refractivity contribution in [1.29, 1.82) is 0 Å². The van der Waals surface area contributed by atoms with Crippen molar-refractivity contribution in [2.45, 2.75) is 31.7 Å². The molecule has 28 heavy (non-hydrogen) atoms. The second-order valence-electron chi connectivity index (χ2n) is 6.06. The van der Waals surface area contributed by atoms with Crippen LogP contribution in [0.15, 0.2) is 42.9 Å². The van der Waals surface area contributed by atoms with Gasteiger partial charge >= 0.3 is 0 Å². The Hall–Kier alpha value is -3.27. The normalized spacial score (nSPS) is 11.7. The minimum atomic E-state index is -0.580. The minimum Gasteiger partial charge on any atom is -0.363 e. The van der Waals surface area contributed by atoms with E-state index in [9.17, 15) is 9.59 Å². The molecule has 3 rings (SSSR count). The summed E-state index contributed by atoms with van der Waals surface area (Å²) in [6.07, 6.45) is 7.15. The number of primary amides is 1. The average Bonchev–Trinajstić information content (AvgIpc) is 3.18. The van der Waals surface area contributed by atoms with E-state index in [1.807, 2.05) is 12.1 Å². The molecule has 0 bridgehead atoms. The Morgan fingerprint density at radius 3 is 2.68 bits per heavy atom. The van der Waals surface area contributed by atoms with Gasteiger partial charge in [-0.15, -0.1) is 10.2 Å². The summed E-state index contributed by atoms with van der Waals surface area (Å²) in [7, 11) is 0. The third-order valence-electron chi connectivity index (χ3n) is 3.93. The number of aryl methyl sites for hydroxylation is 1. The number of hydrogen-bond donors (Lipinski definition) is 2. The summed E-state index contributed by atoms with van der Waals surface area (Å²) in [4.78, 5) is 27.6. The van der Waals surface area contributed by atoms with Gasteiger partial charge in [0.15, 0.2) is 0 Å². The molecule has 0 fully saturated rings. The van der Waals surface area contributed by atoms with Gasteiger partial charge in [-0.25, -0.2) is 0 Å². The van der Waals surface area contributed by atoms with Crippen molar-refractivity contribution < 1.29 is 9.59 Å². The molecular weight excluding hydrogens is 378 g/mol. The maximum Gasteiger partial charge on any atom is 0.279 e. The van der Waals surface area contributed by atoms with Gasteiger partial charge in [0.1, 0.15) is 5.01 Å². The van der Waals surface area contributed by atoms with E-state index in [0.29, 0.717) is 18.5 Å². The summed E-state index contributed by atoms with van der Waals surface area (Å²) >= 11 is 1.19.